The number of nitrogens with zero attached hydrogens (tertiary/aromatic N) is 1. The van der Waals surface area contributed by atoms with Gasteiger partial charge in [-0.25, -0.2) is 5.32 Å². The number of ether oxygens (including phenoxy) is 1. The number of carbonyl (C=O) groups is 1. The molecule has 2 fully saturated rings. The number of nitrogens with two attached hydrogens (primary N) is 1. The van der Waals surface area contributed by atoms with Crippen LogP contribution >= 0.6 is 0 Å². The summed E-state index contributed by atoms with van der Waals surface area (Å²) in [6.07, 6.45) is 6.98. The smallest absolute Gasteiger partial charge is 0.375 e. The van der Waals surface area contributed by atoms with Crippen LogP contribution in [0.15, 0.2) is 24.4 Å². The fraction of sp³-hybridized carbons (Fsp3) is 0.526. The molecule has 6 heteroatoms. The number of quaternary nitrogens is 1. The number of carbonyl (C=O) groups excluding carboxylic acids is 1. The first-order valence-electron chi connectivity index (χ1n) is 9.22. The second-order valence-electron chi connectivity index (χ2n) is 7.08. The Bertz CT molecular complexity index is 737. The second kappa shape index (κ2) is 7.14. The number of aromatic nitrogens is 2. The van der Waals surface area contributed by atoms with Crippen LogP contribution in [0, 0.1) is 18.8 Å². The third-order valence-electron chi connectivity index (χ3n) is 5.13. The quantitative estimate of drug-likeness (QED) is 0.461. The molecule has 0 aromatic carbocycles. The Kier molecular flexibility index (Phi) is 4.72. The van der Waals surface area contributed by atoms with Crippen LogP contribution in [0.1, 0.15) is 36.2 Å². The number of hydrogen-bond acceptors (Lipinski definition) is 2. The first kappa shape index (κ1) is 16.5. The highest BCUT2D eigenvalue weighted by Gasteiger charge is 2.43. The monoisotopic (exact) mass is 342 g/mol. The minimum atomic E-state index is 0.00496. The van der Waals surface area contributed by atoms with Gasteiger partial charge in [0.25, 0.3) is 5.91 Å². The van der Waals surface area contributed by atoms with Crippen molar-refractivity contribution in [3.8, 4) is 0 Å². The van der Waals surface area contributed by atoms with Crippen molar-refractivity contribution in [1.82, 2.24) is 10.3 Å². The summed E-state index contributed by atoms with van der Waals surface area (Å²) in [5.74, 6) is 2.27. The predicted octanol–water partition coefficient (Wildman–Crippen LogP) is 0.594. The van der Waals surface area contributed by atoms with Gasteiger partial charge in [-0.2, -0.15) is 4.98 Å². The molecule has 0 atom stereocenters. The Morgan fingerprint density at radius 3 is 2.80 bits per heavy atom. The third kappa shape index (κ3) is 3.70. The van der Waals surface area contributed by atoms with Crippen LogP contribution in [-0.2, 0) is 4.74 Å². The van der Waals surface area contributed by atoms with E-state index in [1.807, 2.05) is 34.1 Å². The molecule has 0 unspecified atom stereocenters. The fourth-order valence-electron chi connectivity index (χ4n) is 3.55. The van der Waals surface area contributed by atoms with Crippen molar-refractivity contribution >= 4 is 17.4 Å². The molecule has 2 aliphatic rings. The summed E-state index contributed by atoms with van der Waals surface area (Å²) in [6, 6.07) is 6.25. The van der Waals surface area contributed by atoms with Gasteiger partial charge < -0.3 is 10.1 Å². The van der Waals surface area contributed by atoms with E-state index in [2.05, 4.69) is 10.3 Å². The maximum Gasteiger partial charge on any atom is 0.456 e. The van der Waals surface area contributed by atoms with Crippen molar-refractivity contribution in [3.63, 3.8) is 0 Å². The lowest BCUT2D eigenvalue weighted by Crippen LogP contribution is -2.82. The molecule has 1 amide bonds. The third-order valence-corrected chi connectivity index (χ3v) is 5.13. The molecule has 2 saturated carbocycles. The van der Waals surface area contributed by atoms with E-state index in [1.165, 1.54) is 25.7 Å². The zero-order valence-corrected chi connectivity index (χ0v) is 14.4. The van der Waals surface area contributed by atoms with Gasteiger partial charge in [-0.3, -0.25) is 4.79 Å². The topological polar surface area (TPSA) is 74.8 Å². The number of pyridine rings is 1. The average molecular weight is 342 g/mol. The number of fused-ring (bicyclic) bond motifs is 1. The molecule has 2 heterocycles. The van der Waals surface area contributed by atoms with Crippen molar-refractivity contribution in [2.24, 2.45) is 11.8 Å². The minimum absolute atomic E-state index is 0.00496. The summed E-state index contributed by atoms with van der Waals surface area (Å²) < 4.78 is 7.20. The van der Waals surface area contributed by atoms with E-state index in [0.717, 1.165) is 18.0 Å². The van der Waals surface area contributed by atoms with Gasteiger partial charge in [0.05, 0.1) is 13.2 Å². The molecule has 2 aromatic rings. The zero-order chi connectivity index (χ0) is 17.2. The average Bonchev–Trinajstić information content (AvgIpc) is 3.54. The number of rotatable bonds is 9. The van der Waals surface area contributed by atoms with Crippen LogP contribution in [0.5, 0.6) is 0 Å². The van der Waals surface area contributed by atoms with E-state index < -0.39 is 0 Å². The maximum atomic E-state index is 12.9. The lowest BCUT2D eigenvalue weighted by molar-refractivity contribution is -0.687. The largest absolute Gasteiger partial charge is 0.456 e. The Hall–Kier alpha value is -1.92. The fourth-order valence-corrected chi connectivity index (χ4v) is 3.55. The number of nitrogens with one attached hydrogen (secondary N) is 2. The molecule has 6 nitrogen and oxygen atoms in total. The molecule has 25 heavy (non-hydrogen) atoms. The Morgan fingerprint density at radius 2 is 2.12 bits per heavy atom. The van der Waals surface area contributed by atoms with Crippen LogP contribution in [0.25, 0.3) is 5.52 Å². The Labute approximate surface area is 148 Å². The molecular formula is C19H26N4O2+2. The second-order valence-corrected chi connectivity index (χ2v) is 7.08. The van der Waals surface area contributed by atoms with E-state index in [1.54, 1.807) is 0 Å². The molecule has 132 valence electrons. The minimum Gasteiger partial charge on any atom is -0.375 e. The highest BCUT2D eigenvalue weighted by molar-refractivity contribution is 5.98. The normalized spacial score (nSPS) is 17.4. The van der Waals surface area contributed by atoms with Gasteiger partial charge in [0.15, 0.2) is 5.52 Å². The van der Waals surface area contributed by atoms with Crippen molar-refractivity contribution < 1.29 is 19.2 Å². The van der Waals surface area contributed by atoms with Gasteiger partial charge in [0.1, 0.15) is 12.7 Å². The van der Waals surface area contributed by atoms with E-state index in [9.17, 15) is 4.79 Å². The lowest BCUT2D eigenvalue weighted by Gasteiger charge is -2.16. The van der Waals surface area contributed by atoms with E-state index in [4.69, 9.17) is 11.7 Å². The van der Waals surface area contributed by atoms with Crippen molar-refractivity contribution in [2.45, 2.75) is 31.7 Å². The van der Waals surface area contributed by atoms with Crippen molar-refractivity contribution in [1.29, 1.82) is 0 Å². The molecule has 0 spiro atoms. The summed E-state index contributed by atoms with van der Waals surface area (Å²) >= 11 is 0. The van der Waals surface area contributed by atoms with Gasteiger partial charge in [0.2, 0.25) is 5.69 Å². The van der Waals surface area contributed by atoms with Gasteiger partial charge in [0, 0.05) is 6.04 Å². The molecule has 2 radical (unpaired) electrons. The van der Waals surface area contributed by atoms with Gasteiger partial charge in [-0.1, -0.05) is 6.07 Å². The van der Waals surface area contributed by atoms with Crippen LogP contribution in [0.2, 0.25) is 0 Å². The van der Waals surface area contributed by atoms with Crippen LogP contribution in [-0.4, -0.2) is 36.7 Å². The molecule has 0 saturated heterocycles. The number of aromatic amines is 1. The maximum absolute atomic E-state index is 12.9. The van der Waals surface area contributed by atoms with Gasteiger partial charge in [-0.05, 0) is 56.6 Å². The summed E-state index contributed by atoms with van der Waals surface area (Å²) in [4.78, 5) is 16.2. The zero-order valence-electron chi connectivity index (χ0n) is 14.4. The van der Waals surface area contributed by atoms with Crippen molar-refractivity contribution in [2.75, 3.05) is 19.8 Å². The molecular weight excluding hydrogens is 316 g/mol. The summed E-state index contributed by atoms with van der Waals surface area (Å²) in [5.41, 5.74) is 1.54. The molecule has 2 aliphatic carbocycles. The molecule has 2 aromatic heterocycles. The predicted molar refractivity (Wildman–Crippen MR) is 92.2 cm³/mol. The van der Waals surface area contributed by atoms with Crippen LogP contribution < -0.4 is 15.0 Å². The number of amides is 1. The van der Waals surface area contributed by atoms with E-state index >= 15 is 0 Å². The number of H-pyrrole nitrogens is 1. The SMILES string of the molecule is [CH]COCC[NH2+]c1[nH]c(C(=O)NC(C2CC2)C2CC2)c2cccc[n+]12. The first-order chi connectivity index (χ1) is 12.3. The molecule has 0 bridgehead atoms. The van der Waals surface area contributed by atoms with Gasteiger partial charge >= 0.3 is 5.95 Å². The number of hydrogen-bond donors (Lipinski definition) is 3. The van der Waals surface area contributed by atoms with E-state index in [0.29, 0.717) is 30.2 Å². The Balaban J connectivity index is 1.52. The highest BCUT2D eigenvalue weighted by atomic mass is 16.5. The summed E-state index contributed by atoms with van der Waals surface area (Å²) in [7, 11) is 0. The van der Waals surface area contributed by atoms with E-state index in [-0.39, 0.29) is 12.5 Å². The molecule has 4 N–H and O–H groups in total. The first-order valence-corrected chi connectivity index (χ1v) is 9.22. The molecule has 4 rings (SSSR count). The van der Waals surface area contributed by atoms with Crippen molar-refractivity contribution in [3.05, 3.63) is 37.0 Å². The summed E-state index contributed by atoms with van der Waals surface area (Å²) in [6.45, 7) is 6.88. The van der Waals surface area contributed by atoms with Gasteiger partial charge in [-0.15, -0.1) is 4.40 Å². The van der Waals surface area contributed by atoms with Crippen LogP contribution in [0.3, 0.4) is 0 Å². The summed E-state index contributed by atoms with van der Waals surface area (Å²) in [5, 5.41) is 5.34. The standard InChI is InChI=1S/C19H24N4O2/c1-2-25-12-10-20-19-22-17(15-5-3-4-11-23(15)19)18(24)21-16(13-6-7-13)14-8-9-14/h1,3-5,11,13-14,16H,2,6-10,12H2,(H2,20,21,22,24)/p+2. The van der Waals surface area contributed by atoms with Crippen LogP contribution in [0.4, 0.5) is 5.95 Å². The highest BCUT2D eigenvalue weighted by Crippen LogP contribution is 2.44. The lowest BCUT2D eigenvalue weighted by atomic mass is 10.1. The Morgan fingerprint density at radius 1 is 1.36 bits per heavy atom. The molecule has 0 aliphatic heterocycles. The number of imidazole rings is 1.